The van der Waals surface area contributed by atoms with Crippen LogP contribution in [-0.4, -0.2) is 55.1 Å². The van der Waals surface area contributed by atoms with Gasteiger partial charge >= 0.3 is 18.8 Å². The Morgan fingerprint density at radius 1 is 0.902 bits per heavy atom. The van der Waals surface area contributed by atoms with Gasteiger partial charge in [0.1, 0.15) is 17.2 Å². The van der Waals surface area contributed by atoms with Gasteiger partial charge in [-0.1, -0.05) is 19.9 Å². The molecule has 4 N–H and O–H groups in total. The largest absolute Gasteiger partial charge is 0.573 e. The summed E-state index contributed by atoms with van der Waals surface area (Å²) in [4.78, 5) is 24.8. The third-order valence-corrected chi connectivity index (χ3v) is 5.46. The first-order chi connectivity index (χ1) is 19.3. The Balaban J connectivity index is 0.00000287. The molecule has 41 heavy (non-hydrogen) atoms. The number of urea groups is 1. The third kappa shape index (κ3) is 12.0. The summed E-state index contributed by atoms with van der Waals surface area (Å²) in [6, 6.07) is 6.98. The average molecular weight is 596 g/mol. The Morgan fingerprint density at radius 2 is 1.51 bits per heavy atom. The minimum Gasteiger partial charge on any atom is -0.490 e. The predicted molar refractivity (Wildman–Crippen MR) is 136 cm³/mol. The zero-order chi connectivity index (χ0) is 30.6. The van der Waals surface area contributed by atoms with Gasteiger partial charge in [-0.3, -0.25) is 4.79 Å². The number of rotatable bonds is 9. The van der Waals surface area contributed by atoms with Crippen LogP contribution in [0.15, 0.2) is 42.5 Å². The molecule has 0 spiro atoms. The molecule has 0 heterocycles. The number of aliphatic hydroxyl groups is 1. The minimum atomic E-state index is -4.96. The van der Waals surface area contributed by atoms with Crippen molar-refractivity contribution >= 4 is 17.6 Å². The van der Waals surface area contributed by atoms with E-state index in [-0.39, 0.29) is 36.2 Å². The second kappa shape index (κ2) is 15.2. The summed E-state index contributed by atoms with van der Waals surface area (Å²) in [6.07, 6.45) is -8.48. The standard InChI is InChI=1S/C24H25F6N3O6.C2H6/c25-23(26,27)38-17-3-1-2-15(12-17)33-22(36)32-14-4-6-16(7-5-14)37-20-9-8-18(39-24(28,29)30)13-19(20)21(35)31-10-11-34;1-2/h1-3,8-9,12-14,16,34H,4-7,10-11H2,(H,31,35)(H2,32,33,36);1-2H3. The molecule has 0 atom stereocenters. The highest BCUT2D eigenvalue weighted by Crippen LogP contribution is 2.32. The van der Waals surface area contributed by atoms with Gasteiger partial charge in [0, 0.05) is 24.3 Å². The highest BCUT2D eigenvalue weighted by Gasteiger charge is 2.33. The van der Waals surface area contributed by atoms with Crippen molar-refractivity contribution < 1.29 is 55.2 Å². The summed E-state index contributed by atoms with van der Waals surface area (Å²) < 4.78 is 88.6. The lowest BCUT2D eigenvalue weighted by atomic mass is 9.93. The first-order valence-electron chi connectivity index (χ1n) is 12.7. The number of carbonyl (C=O) groups excluding carboxylic acids is 2. The predicted octanol–water partition coefficient (Wildman–Crippen LogP) is 5.74. The molecule has 228 valence electrons. The fourth-order valence-electron chi connectivity index (χ4n) is 3.88. The molecule has 0 radical (unpaired) electrons. The van der Waals surface area contributed by atoms with Gasteiger partial charge in [0.2, 0.25) is 0 Å². The molecule has 15 heteroatoms. The first kappa shape index (κ1) is 33.3. The normalized spacial score (nSPS) is 16.9. The Hall–Kier alpha value is -3.88. The molecule has 0 aromatic heterocycles. The van der Waals surface area contributed by atoms with Gasteiger partial charge in [0.05, 0.1) is 18.3 Å². The number of hydrogen-bond donors (Lipinski definition) is 4. The Labute approximate surface area is 232 Å². The maximum absolute atomic E-state index is 12.6. The van der Waals surface area contributed by atoms with E-state index in [2.05, 4.69) is 25.4 Å². The lowest BCUT2D eigenvalue weighted by Gasteiger charge is -2.30. The first-order valence-corrected chi connectivity index (χ1v) is 12.7. The Morgan fingerprint density at radius 3 is 2.10 bits per heavy atom. The van der Waals surface area contributed by atoms with E-state index < -0.39 is 42.3 Å². The number of aliphatic hydroxyl groups excluding tert-OH is 1. The smallest absolute Gasteiger partial charge is 0.490 e. The fourth-order valence-corrected chi connectivity index (χ4v) is 3.88. The molecule has 3 rings (SSSR count). The maximum Gasteiger partial charge on any atom is 0.573 e. The molecule has 1 saturated carbocycles. The molecule has 9 nitrogen and oxygen atoms in total. The summed E-state index contributed by atoms with van der Waals surface area (Å²) in [6.45, 7) is 3.50. The third-order valence-electron chi connectivity index (χ3n) is 5.46. The van der Waals surface area contributed by atoms with Crippen molar-refractivity contribution in [1.82, 2.24) is 10.6 Å². The highest BCUT2D eigenvalue weighted by molar-refractivity contribution is 5.97. The van der Waals surface area contributed by atoms with Gasteiger partial charge in [-0.15, -0.1) is 26.3 Å². The number of carbonyl (C=O) groups is 2. The summed E-state index contributed by atoms with van der Waals surface area (Å²) in [5, 5.41) is 16.4. The van der Waals surface area contributed by atoms with Crippen molar-refractivity contribution in [3.8, 4) is 17.2 Å². The monoisotopic (exact) mass is 595 g/mol. The molecule has 2 aromatic carbocycles. The van der Waals surface area contributed by atoms with E-state index in [4.69, 9.17) is 9.84 Å². The van der Waals surface area contributed by atoms with Gasteiger partial charge in [-0.05, 0) is 56.0 Å². The lowest BCUT2D eigenvalue weighted by molar-refractivity contribution is -0.275. The van der Waals surface area contributed by atoms with E-state index in [1.165, 1.54) is 18.2 Å². The quantitative estimate of drug-likeness (QED) is 0.275. The van der Waals surface area contributed by atoms with E-state index >= 15 is 0 Å². The van der Waals surface area contributed by atoms with E-state index in [1.807, 2.05) is 13.8 Å². The van der Waals surface area contributed by atoms with Gasteiger partial charge in [0.25, 0.3) is 5.91 Å². The van der Waals surface area contributed by atoms with Crippen LogP contribution in [0, 0.1) is 0 Å². The number of halogens is 6. The van der Waals surface area contributed by atoms with Crippen LogP contribution in [-0.2, 0) is 0 Å². The van der Waals surface area contributed by atoms with Crippen LogP contribution in [0.1, 0.15) is 49.9 Å². The van der Waals surface area contributed by atoms with Crippen LogP contribution in [0.5, 0.6) is 17.2 Å². The Bertz CT molecular complexity index is 1140. The molecule has 0 bridgehead atoms. The van der Waals surface area contributed by atoms with E-state index in [0.717, 1.165) is 24.3 Å². The minimum absolute atomic E-state index is 0.0232. The number of benzene rings is 2. The summed E-state index contributed by atoms with van der Waals surface area (Å²) >= 11 is 0. The van der Waals surface area contributed by atoms with Crippen molar-refractivity contribution in [3.63, 3.8) is 0 Å². The van der Waals surface area contributed by atoms with Crippen molar-refractivity contribution in [2.75, 3.05) is 18.5 Å². The molecule has 1 aliphatic rings. The number of amides is 3. The number of ether oxygens (including phenoxy) is 3. The van der Waals surface area contributed by atoms with Gasteiger partial charge in [0.15, 0.2) is 0 Å². The van der Waals surface area contributed by atoms with Gasteiger partial charge < -0.3 is 35.3 Å². The van der Waals surface area contributed by atoms with Crippen LogP contribution in [0.3, 0.4) is 0 Å². The molecular formula is C26H31F6N3O6. The van der Waals surface area contributed by atoms with Crippen LogP contribution in [0.25, 0.3) is 0 Å². The number of anilines is 1. The zero-order valence-corrected chi connectivity index (χ0v) is 22.2. The Kier molecular flexibility index (Phi) is 12.4. The molecule has 1 fully saturated rings. The molecule has 0 unspecified atom stereocenters. The number of hydrogen-bond acceptors (Lipinski definition) is 6. The maximum atomic E-state index is 12.6. The summed E-state index contributed by atoms with van der Waals surface area (Å²) in [5.41, 5.74) is -0.113. The number of nitrogens with one attached hydrogen (secondary N) is 3. The van der Waals surface area contributed by atoms with Gasteiger partial charge in [-0.25, -0.2) is 4.79 Å². The van der Waals surface area contributed by atoms with E-state index in [9.17, 15) is 35.9 Å². The summed E-state index contributed by atoms with van der Waals surface area (Å²) in [7, 11) is 0. The van der Waals surface area contributed by atoms with Crippen molar-refractivity contribution in [2.24, 2.45) is 0 Å². The second-order valence-electron chi connectivity index (χ2n) is 8.45. The molecule has 0 aliphatic heterocycles. The molecule has 3 amide bonds. The van der Waals surface area contributed by atoms with Crippen molar-refractivity contribution in [3.05, 3.63) is 48.0 Å². The molecule has 0 saturated heterocycles. The summed E-state index contributed by atoms with van der Waals surface area (Å²) in [5.74, 6) is -1.84. The van der Waals surface area contributed by atoms with Crippen LogP contribution < -0.4 is 30.2 Å². The van der Waals surface area contributed by atoms with Crippen molar-refractivity contribution in [2.45, 2.75) is 64.4 Å². The lowest BCUT2D eigenvalue weighted by Crippen LogP contribution is -2.41. The van der Waals surface area contributed by atoms with E-state index in [1.54, 1.807) is 0 Å². The number of alkyl halides is 6. The fraction of sp³-hybridized carbons (Fsp3) is 0.462. The second-order valence-corrected chi connectivity index (χ2v) is 8.45. The SMILES string of the molecule is CC.O=C(Nc1cccc(OC(F)(F)F)c1)NC1CCC(Oc2ccc(OC(F)(F)F)cc2C(=O)NCCO)CC1. The van der Waals surface area contributed by atoms with Crippen LogP contribution in [0.2, 0.25) is 0 Å². The highest BCUT2D eigenvalue weighted by atomic mass is 19.4. The average Bonchev–Trinajstić information content (AvgIpc) is 2.88. The zero-order valence-electron chi connectivity index (χ0n) is 22.2. The van der Waals surface area contributed by atoms with Crippen molar-refractivity contribution in [1.29, 1.82) is 0 Å². The molecular weight excluding hydrogens is 564 g/mol. The van der Waals surface area contributed by atoms with Crippen LogP contribution >= 0.6 is 0 Å². The van der Waals surface area contributed by atoms with Gasteiger partial charge in [-0.2, -0.15) is 0 Å². The van der Waals surface area contributed by atoms with E-state index in [0.29, 0.717) is 25.7 Å². The molecule has 2 aromatic rings. The van der Waals surface area contributed by atoms with Crippen LogP contribution in [0.4, 0.5) is 36.8 Å². The molecule has 1 aliphatic carbocycles. The topological polar surface area (TPSA) is 118 Å².